The largest absolute Gasteiger partial charge is 0.355 e. The molecular weight excluding hydrogens is 346 g/mol. The molecule has 1 aromatic carbocycles. The van der Waals surface area contributed by atoms with Crippen LogP contribution >= 0.6 is 23.1 Å². The number of likely N-dealkylation sites (N-methyl/N-ethyl adjacent to an activating group) is 1. The number of amides is 2. The van der Waals surface area contributed by atoms with Crippen LogP contribution in [0.15, 0.2) is 28.6 Å². The highest BCUT2D eigenvalue weighted by Crippen LogP contribution is 2.28. The number of para-hydroxylation sites is 1. The van der Waals surface area contributed by atoms with Gasteiger partial charge in [-0.2, -0.15) is 0 Å². The average molecular weight is 365 g/mol. The number of aryl methyl sites for hydroxylation is 1. The van der Waals surface area contributed by atoms with E-state index in [-0.39, 0.29) is 24.1 Å². The maximum Gasteiger partial charge on any atom is 0.239 e. The molecule has 0 aliphatic heterocycles. The number of nitrogens with zero attached hydrogens (tertiary/aromatic N) is 2. The summed E-state index contributed by atoms with van der Waals surface area (Å²) in [5.41, 5.74) is 2.09. The molecule has 0 spiro atoms. The van der Waals surface area contributed by atoms with Crippen LogP contribution in [-0.4, -0.2) is 40.9 Å². The summed E-state index contributed by atoms with van der Waals surface area (Å²) in [7, 11) is 0. The van der Waals surface area contributed by atoms with Crippen molar-refractivity contribution in [1.29, 1.82) is 0 Å². The molecule has 2 aromatic rings. The van der Waals surface area contributed by atoms with E-state index in [0.29, 0.717) is 16.0 Å². The van der Waals surface area contributed by atoms with Gasteiger partial charge < -0.3 is 16.0 Å². The summed E-state index contributed by atoms with van der Waals surface area (Å²) in [4.78, 5) is 23.0. The lowest BCUT2D eigenvalue weighted by Crippen LogP contribution is -2.37. The number of hydrogen-bond donors (Lipinski definition) is 3. The standard InChI is InChI=1S/C15H19N5O2S2/c1-3-16-12(21)8-17-13(22)9-23-15-20-19-14(24-15)18-11-7-5-4-6-10(11)2/h4-7H,3,8-9H2,1-2H3,(H,16,21)(H,17,22)(H,18,19). The van der Waals surface area contributed by atoms with Crippen molar-refractivity contribution >= 4 is 45.7 Å². The van der Waals surface area contributed by atoms with Crippen LogP contribution in [-0.2, 0) is 9.59 Å². The molecule has 9 heteroatoms. The van der Waals surface area contributed by atoms with Crippen molar-refractivity contribution in [2.24, 2.45) is 0 Å². The minimum absolute atomic E-state index is 0.0105. The monoisotopic (exact) mass is 365 g/mol. The quantitative estimate of drug-likeness (QED) is 0.619. The number of hydrogen-bond acceptors (Lipinski definition) is 7. The Morgan fingerprint density at radius 1 is 1.17 bits per heavy atom. The third kappa shape index (κ3) is 5.82. The molecule has 128 valence electrons. The average Bonchev–Trinajstić information content (AvgIpc) is 3.01. The fourth-order valence-electron chi connectivity index (χ4n) is 1.76. The maximum absolute atomic E-state index is 11.7. The Morgan fingerprint density at radius 2 is 1.96 bits per heavy atom. The van der Waals surface area contributed by atoms with Crippen molar-refractivity contribution < 1.29 is 9.59 Å². The normalized spacial score (nSPS) is 10.2. The predicted octanol–water partition coefficient (Wildman–Crippen LogP) is 1.93. The minimum atomic E-state index is -0.213. The Labute approximate surface area is 148 Å². The number of rotatable bonds is 8. The van der Waals surface area contributed by atoms with Gasteiger partial charge in [0, 0.05) is 12.2 Å². The second kappa shape index (κ2) is 9.24. The molecule has 0 fully saturated rings. The van der Waals surface area contributed by atoms with E-state index < -0.39 is 0 Å². The third-order valence-corrected chi connectivity index (χ3v) is 4.91. The summed E-state index contributed by atoms with van der Waals surface area (Å²) in [6.07, 6.45) is 0. The van der Waals surface area contributed by atoms with E-state index in [0.717, 1.165) is 11.3 Å². The summed E-state index contributed by atoms with van der Waals surface area (Å²) < 4.78 is 0.694. The highest BCUT2D eigenvalue weighted by atomic mass is 32.2. The zero-order valence-corrected chi connectivity index (χ0v) is 15.1. The molecule has 0 unspecified atom stereocenters. The van der Waals surface area contributed by atoms with Crippen LogP contribution in [0, 0.1) is 6.92 Å². The molecule has 7 nitrogen and oxygen atoms in total. The van der Waals surface area contributed by atoms with Gasteiger partial charge in [0.15, 0.2) is 4.34 Å². The van der Waals surface area contributed by atoms with Gasteiger partial charge in [0.25, 0.3) is 0 Å². The van der Waals surface area contributed by atoms with Crippen molar-refractivity contribution in [1.82, 2.24) is 20.8 Å². The Morgan fingerprint density at radius 3 is 2.71 bits per heavy atom. The molecular formula is C15H19N5O2S2. The van der Waals surface area contributed by atoms with Crippen molar-refractivity contribution in [2.75, 3.05) is 24.2 Å². The molecule has 2 rings (SSSR count). The first-order valence-electron chi connectivity index (χ1n) is 7.41. The van der Waals surface area contributed by atoms with Gasteiger partial charge in [-0.1, -0.05) is 41.3 Å². The lowest BCUT2D eigenvalue weighted by Gasteiger charge is -2.04. The van der Waals surface area contributed by atoms with Gasteiger partial charge in [0.05, 0.1) is 12.3 Å². The van der Waals surface area contributed by atoms with E-state index in [1.165, 1.54) is 23.1 Å². The molecule has 1 aromatic heterocycles. The minimum Gasteiger partial charge on any atom is -0.355 e. The Balaban J connectivity index is 1.78. The van der Waals surface area contributed by atoms with E-state index >= 15 is 0 Å². The van der Waals surface area contributed by atoms with Crippen LogP contribution in [0.4, 0.5) is 10.8 Å². The molecule has 0 saturated carbocycles. The van der Waals surface area contributed by atoms with Gasteiger partial charge in [-0.3, -0.25) is 9.59 Å². The molecule has 0 aliphatic rings. The van der Waals surface area contributed by atoms with Gasteiger partial charge in [-0.15, -0.1) is 10.2 Å². The topological polar surface area (TPSA) is 96.0 Å². The number of thioether (sulfide) groups is 1. The van der Waals surface area contributed by atoms with Gasteiger partial charge in [0.1, 0.15) is 0 Å². The fraction of sp³-hybridized carbons (Fsp3) is 0.333. The third-order valence-electron chi connectivity index (χ3n) is 2.94. The van der Waals surface area contributed by atoms with Gasteiger partial charge in [0.2, 0.25) is 16.9 Å². The highest BCUT2D eigenvalue weighted by Gasteiger charge is 2.10. The molecule has 0 saturated heterocycles. The molecule has 0 aliphatic carbocycles. The smallest absolute Gasteiger partial charge is 0.239 e. The van der Waals surface area contributed by atoms with E-state index in [2.05, 4.69) is 26.1 Å². The van der Waals surface area contributed by atoms with E-state index in [9.17, 15) is 9.59 Å². The maximum atomic E-state index is 11.7. The predicted molar refractivity (Wildman–Crippen MR) is 96.8 cm³/mol. The first-order valence-corrected chi connectivity index (χ1v) is 9.21. The van der Waals surface area contributed by atoms with Gasteiger partial charge >= 0.3 is 0 Å². The lowest BCUT2D eigenvalue weighted by atomic mass is 10.2. The molecule has 24 heavy (non-hydrogen) atoms. The zero-order chi connectivity index (χ0) is 17.4. The number of carbonyl (C=O) groups excluding carboxylic acids is 2. The van der Waals surface area contributed by atoms with Crippen LogP contribution in [0.5, 0.6) is 0 Å². The summed E-state index contributed by atoms with van der Waals surface area (Å²) in [6.45, 7) is 4.37. The summed E-state index contributed by atoms with van der Waals surface area (Å²) in [5, 5.41) is 17.2. The van der Waals surface area contributed by atoms with Crippen LogP contribution in [0.3, 0.4) is 0 Å². The summed E-state index contributed by atoms with van der Waals surface area (Å²) >= 11 is 2.67. The number of benzene rings is 1. The molecule has 3 N–H and O–H groups in total. The number of aromatic nitrogens is 2. The fourth-order valence-corrected chi connectivity index (χ4v) is 3.36. The van der Waals surface area contributed by atoms with Gasteiger partial charge in [-0.05, 0) is 25.5 Å². The zero-order valence-electron chi connectivity index (χ0n) is 13.5. The summed E-state index contributed by atoms with van der Waals surface area (Å²) in [6, 6.07) is 7.91. The molecule has 0 radical (unpaired) electrons. The summed E-state index contributed by atoms with van der Waals surface area (Å²) in [5.74, 6) is -0.218. The van der Waals surface area contributed by atoms with Crippen molar-refractivity contribution in [3.05, 3.63) is 29.8 Å². The number of nitrogens with one attached hydrogen (secondary N) is 3. The second-order valence-corrected chi connectivity index (χ2v) is 7.03. The second-order valence-electron chi connectivity index (χ2n) is 4.83. The Bertz CT molecular complexity index is 705. The SMILES string of the molecule is CCNC(=O)CNC(=O)CSc1nnc(Nc2ccccc2C)s1. The first-order chi connectivity index (χ1) is 11.6. The lowest BCUT2D eigenvalue weighted by molar-refractivity contribution is -0.124. The van der Waals surface area contributed by atoms with Crippen molar-refractivity contribution in [3.63, 3.8) is 0 Å². The van der Waals surface area contributed by atoms with E-state index in [4.69, 9.17) is 0 Å². The Kier molecular flexibility index (Phi) is 7.01. The van der Waals surface area contributed by atoms with Crippen LogP contribution in [0.25, 0.3) is 0 Å². The molecule has 2 amide bonds. The van der Waals surface area contributed by atoms with Crippen LogP contribution < -0.4 is 16.0 Å². The van der Waals surface area contributed by atoms with Crippen molar-refractivity contribution in [2.45, 2.75) is 18.2 Å². The van der Waals surface area contributed by atoms with Crippen molar-refractivity contribution in [3.8, 4) is 0 Å². The van der Waals surface area contributed by atoms with Gasteiger partial charge in [-0.25, -0.2) is 0 Å². The highest BCUT2D eigenvalue weighted by molar-refractivity contribution is 8.01. The molecule has 1 heterocycles. The number of anilines is 2. The Hall–Kier alpha value is -2.13. The molecule has 0 bridgehead atoms. The molecule has 0 atom stereocenters. The number of carbonyl (C=O) groups is 2. The first kappa shape index (κ1) is 18.2. The van der Waals surface area contributed by atoms with E-state index in [1.807, 2.05) is 38.1 Å². The van der Waals surface area contributed by atoms with E-state index in [1.54, 1.807) is 0 Å². The van der Waals surface area contributed by atoms with Crippen LogP contribution in [0.1, 0.15) is 12.5 Å². The van der Waals surface area contributed by atoms with Crippen LogP contribution in [0.2, 0.25) is 0 Å².